The lowest BCUT2D eigenvalue weighted by molar-refractivity contribution is -0.0198. The number of rotatable bonds is 7. The summed E-state index contributed by atoms with van der Waals surface area (Å²) in [5, 5.41) is 3.67. The van der Waals surface area contributed by atoms with Gasteiger partial charge in [-0.2, -0.15) is 0 Å². The minimum absolute atomic E-state index is 0.0613. The molecule has 0 heterocycles. The molecule has 0 amide bonds. The summed E-state index contributed by atoms with van der Waals surface area (Å²) in [6.45, 7) is 20.8. The van der Waals surface area contributed by atoms with Gasteiger partial charge in [0.25, 0.3) is 0 Å². The Morgan fingerprint density at radius 1 is 0.700 bits per heavy atom. The summed E-state index contributed by atoms with van der Waals surface area (Å²) in [6.07, 6.45) is 2.03. The van der Waals surface area contributed by atoms with Crippen molar-refractivity contribution >= 4 is 0 Å². The van der Waals surface area contributed by atoms with E-state index in [2.05, 4.69) is 67.6 Å². The maximum Gasteiger partial charge on any atom is 0.0598 e. The van der Waals surface area contributed by atoms with Crippen LogP contribution in [0.1, 0.15) is 75.2 Å². The van der Waals surface area contributed by atoms with Gasteiger partial charge < -0.3 is 14.8 Å². The Bertz CT molecular complexity index is 236. The van der Waals surface area contributed by atoms with Crippen LogP contribution in [-0.4, -0.2) is 36.0 Å². The average Bonchev–Trinajstić information content (AvgIpc) is 2.10. The largest absolute Gasteiger partial charge is 0.376 e. The van der Waals surface area contributed by atoms with E-state index in [1.165, 1.54) is 0 Å². The van der Waals surface area contributed by atoms with Crippen molar-refractivity contribution in [2.75, 3.05) is 13.2 Å². The van der Waals surface area contributed by atoms with Crippen molar-refractivity contribution in [3.63, 3.8) is 0 Å². The Kier molecular flexibility index (Phi) is 7.72. The summed E-state index contributed by atoms with van der Waals surface area (Å²) in [5.74, 6) is 0. The highest BCUT2D eigenvalue weighted by atomic mass is 16.5. The Labute approximate surface area is 126 Å². The van der Waals surface area contributed by atoms with Crippen LogP contribution in [0, 0.1) is 0 Å². The summed E-state index contributed by atoms with van der Waals surface area (Å²) in [5.41, 5.74) is -0.00346. The molecule has 0 saturated heterocycles. The fourth-order valence-electron chi connectivity index (χ4n) is 1.92. The van der Waals surface area contributed by atoms with E-state index in [4.69, 9.17) is 9.47 Å². The number of nitrogens with one attached hydrogen (secondary N) is 1. The van der Waals surface area contributed by atoms with Gasteiger partial charge >= 0.3 is 0 Å². The molecule has 0 rings (SSSR count). The highest BCUT2D eigenvalue weighted by Gasteiger charge is 2.19. The molecule has 0 radical (unpaired) electrons. The minimum Gasteiger partial charge on any atom is -0.376 e. The first-order valence-electron chi connectivity index (χ1n) is 7.84. The van der Waals surface area contributed by atoms with E-state index in [-0.39, 0.29) is 16.7 Å². The molecule has 0 aromatic carbocycles. The zero-order valence-corrected chi connectivity index (χ0v) is 15.2. The van der Waals surface area contributed by atoms with Crippen LogP contribution in [-0.2, 0) is 9.47 Å². The molecule has 0 bridgehead atoms. The van der Waals surface area contributed by atoms with E-state index < -0.39 is 0 Å². The fourth-order valence-corrected chi connectivity index (χ4v) is 1.92. The number of hydrogen-bond donors (Lipinski definition) is 1. The van der Waals surface area contributed by atoms with Crippen LogP contribution in [0.4, 0.5) is 0 Å². The standard InChI is InChI=1S/C17H37NO2/c1-15(2,3)18-14(10-12-19-16(4,5)6)11-13-20-17(7,8)9/h14,18H,10-13H2,1-9H3. The third kappa shape index (κ3) is 14.3. The Morgan fingerprint density at radius 3 is 1.30 bits per heavy atom. The molecule has 0 atom stereocenters. The van der Waals surface area contributed by atoms with E-state index in [0.717, 1.165) is 26.1 Å². The summed E-state index contributed by atoms with van der Waals surface area (Å²) >= 11 is 0. The van der Waals surface area contributed by atoms with E-state index in [0.29, 0.717) is 6.04 Å². The summed E-state index contributed by atoms with van der Waals surface area (Å²) in [4.78, 5) is 0. The van der Waals surface area contributed by atoms with Gasteiger partial charge in [0.05, 0.1) is 11.2 Å². The van der Waals surface area contributed by atoms with Crippen LogP contribution < -0.4 is 5.32 Å². The van der Waals surface area contributed by atoms with Crippen LogP contribution in [0.25, 0.3) is 0 Å². The normalized spacial score (nSPS) is 14.1. The van der Waals surface area contributed by atoms with Crippen molar-refractivity contribution < 1.29 is 9.47 Å². The van der Waals surface area contributed by atoms with Gasteiger partial charge in [-0.25, -0.2) is 0 Å². The molecule has 0 unspecified atom stereocenters. The number of hydrogen-bond acceptors (Lipinski definition) is 3. The van der Waals surface area contributed by atoms with Gasteiger partial charge in [-0.05, 0) is 75.2 Å². The summed E-state index contributed by atoms with van der Waals surface area (Å²) in [7, 11) is 0. The second-order valence-corrected chi connectivity index (χ2v) is 8.59. The summed E-state index contributed by atoms with van der Waals surface area (Å²) < 4.78 is 11.7. The van der Waals surface area contributed by atoms with Crippen LogP contribution in [0.15, 0.2) is 0 Å². The maximum absolute atomic E-state index is 5.84. The van der Waals surface area contributed by atoms with Gasteiger partial charge in [-0.3, -0.25) is 0 Å². The highest BCUT2D eigenvalue weighted by Crippen LogP contribution is 2.13. The van der Waals surface area contributed by atoms with Crippen molar-refractivity contribution in [3.05, 3.63) is 0 Å². The zero-order valence-electron chi connectivity index (χ0n) is 15.2. The molecule has 0 aromatic rings. The molecule has 0 spiro atoms. The van der Waals surface area contributed by atoms with E-state index in [1.807, 2.05) is 0 Å². The van der Waals surface area contributed by atoms with Crippen molar-refractivity contribution in [2.24, 2.45) is 0 Å². The maximum atomic E-state index is 5.84. The number of ether oxygens (including phenoxy) is 2. The van der Waals surface area contributed by atoms with Crippen LogP contribution in [0.3, 0.4) is 0 Å². The first-order chi connectivity index (χ1) is 8.79. The van der Waals surface area contributed by atoms with Crippen LogP contribution >= 0.6 is 0 Å². The SMILES string of the molecule is CC(C)(C)NC(CCOC(C)(C)C)CCOC(C)(C)C. The molecule has 20 heavy (non-hydrogen) atoms. The predicted octanol–water partition coefficient (Wildman–Crippen LogP) is 4.15. The van der Waals surface area contributed by atoms with Gasteiger partial charge in [0, 0.05) is 24.8 Å². The predicted molar refractivity (Wildman–Crippen MR) is 87.3 cm³/mol. The lowest BCUT2D eigenvalue weighted by Crippen LogP contribution is -2.45. The Hall–Kier alpha value is -0.120. The molecule has 0 aliphatic rings. The van der Waals surface area contributed by atoms with Gasteiger partial charge in [-0.15, -0.1) is 0 Å². The lowest BCUT2D eigenvalue weighted by atomic mass is 10.0. The van der Waals surface area contributed by atoms with Crippen molar-refractivity contribution in [1.29, 1.82) is 0 Å². The quantitative estimate of drug-likeness (QED) is 0.763. The van der Waals surface area contributed by atoms with Gasteiger partial charge in [-0.1, -0.05) is 0 Å². The fraction of sp³-hybridized carbons (Fsp3) is 1.00. The lowest BCUT2D eigenvalue weighted by Gasteiger charge is -2.30. The molecule has 3 nitrogen and oxygen atoms in total. The topological polar surface area (TPSA) is 30.5 Å². The van der Waals surface area contributed by atoms with E-state index >= 15 is 0 Å². The molecule has 0 aromatic heterocycles. The molecular formula is C17H37NO2. The molecule has 0 aliphatic heterocycles. The molecule has 0 fully saturated rings. The van der Waals surface area contributed by atoms with Crippen molar-refractivity contribution in [3.8, 4) is 0 Å². The molecule has 0 saturated carbocycles. The Balaban J connectivity index is 4.21. The first-order valence-corrected chi connectivity index (χ1v) is 7.84. The van der Waals surface area contributed by atoms with Crippen molar-refractivity contribution in [1.82, 2.24) is 5.32 Å². The Morgan fingerprint density at radius 2 is 1.05 bits per heavy atom. The summed E-state index contributed by atoms with van der Waals surface area (Å²) in [6, 6.07) is 0.430. The third-order valence-corrected chi connectivity index (χ3v) is 2.64. The smallest absolute Gasteiger partial charge is 0.0598 e. The second kappa shape index (κ2) is 7.77. The van der Waals surface area contributed by atoms with E-state index in [1.54, 1.807) is 0 Å². The molecule has 122 valence electrons. The van der Waals surface area contributed by atoms with E-state index in [9.17, 15) is 0 Å². The van der Waals surface area contributed by atoms with Gasteiger partial charge in [0.2, 0.25) is 0 Å². The molecule has 0 aliphatic carbocycles. The monoisotopic (exact) mass is 287 g/mol. The third-order valence-electron chi connectivity index (χ3n) is 2.64. The zero-order chi connectivity index (χ0) is 16.0. The second-order valence-electron chi connectivity index (χ2n) is 8.59. The van der Waals surface area contributed by atoms with Crippen molar-refractivity contribution in [2.45, 2.75) is 97.9 Å². The average molecular weight is 287 g/mol. The van der Waals surface area contributed by atoms with Crippen LogP contribution in [0.5, 0.6) is 0 Å². The van der Waals surface area contributed by atoms with Gasteiger partial charge in [0.1, 0.15) is 0 Å². The molecular weight excluding hydrogens is 250 g/mol. The minimum atomic E-state index is -0.0613. The van der Waals surface area contributed by atoms with Gasteiger partial charge in [0.15, 0.2) is 0 Å². The molecule has 3 heteroatoms. The highest BCUT2D eigenvalue weighted by molar-refractivity contribution is 4.78. The van der Waals surface area contributed by atoms with Crippen LogP contribution in [0.2, 0.25) is 0 Å². The molecule has 1 N–H and O–H groups in total. The first kappa shape index (κ1) is 19.9.